The highest BCUT2D eigenvalue weighted by Crippen LogP contribution is 2.29. The normalized spacial score (nSPS) is 14.1. The standard InChI is InChI=1S/C24H29N7/c1-26-19-7-9-20(10-8-19)31-24-21(23(27-2)29-15-30-24)22(25)18-5-3-16(4-6-18)17-11-13-28-14-12-17/h3-10,15,17,25-26,28H,11-14H2,1-2H3,(H2,27,29,30,31). The highest BCUT2D eigenvalue weighted by Gasteiger charge is 2.19. The quantitative estimate of drug-likeness (QED) is 0.371. The molecule has 0 spiro atoms. The number of hydrogen-bond donors (Lipinski definition) is 5. The minimum atomic E-state index is 0.385. The molecule has 1 aromatic heterocycles. The second-order valence-electron chi connectivity index (χ2n) is 7.67. The van der Waals surface area contributed by atoms with Gasteiger partial charge in [0.1, 0.15) is 18.0 Å². The van der Waals surface area contributed by atoms with Gasteiger partial charge in [-0.05, 0) is 61.7 Å². The van der Waals surface area contributed by atoms with Crippen LogP contribution in [0.15, 0.2) is 54.9 Å². The number of benzene rings is 2. The number of anilines is 4. The van der Waals surface area contributed by atoms with Crippen molar-refractivity contribution in [2.75, 3.05) is 43.1 Å². The Kier molecular flexibility index (Phi) is 6.43. The van der Waals surface area contributed by atoms with Crippen molar-refractivity contribution in [2.24, 2.45) is 0 Å². The van der Waals surface area contributed by atoms with Gasteiger partial charge >= 0.3 is 0 Å². The first kappa shape index (κ1) is 20.8. The second kappa shape index (κ2) is 9.57. The van der Waals surface area contributed by atoms with Crippen LogP contribution in [0, 0.1) is 5.41 Å². The molecule has 0 aliphatic carbocycles. The number of nitrogens with one attached hydrogen (secondary N) is 5. The molecular weight excluding hydrogens is 386 g/mol. The lowest BCUT2D eigenvalue weighted by Gasteiger charge is -2.23. The molecule has 4 rings (SSSR count). The summed E-state index contributed by atoms with van der Waals surface area (Å²) in [6.45, 7) is 2.14. The second-order valence-corrected chi connectivity index (χ2v) is 7.67. The van der Waals surface area contributed by atoms with E-state index in [-0.39, 0.29) is 0 Å². The molecule has 3 aromatic rings. The summed E-state index contributed by atoms with van der Waals surface area (Å²) in [4.78, 5) is 8.78. The molecule has 5 N–H and O–H groups in total. The molecule has 1 saturated heterocycles. The number of aromatic nitrogens is 2. The third-order valence-corrected chi connectivity index (χ3v) is 5.78. The molecule has 2 heterocycles. The summed E-state index contributed by atoms with van der Waals surface area (Å²) in [5.74, 6) is 1.82. The molecule has 0 atom stereocenters. The van der Waals surface area contributed by atoms with Gasteiger partial charge in [0.05, 0.1) is 11.3 Å². The number of nitrogens with zero attached hydrogens (tertiary/aromatic N) is 2. The monoisotopic (exact) mass is 415 g/mol. The Morgan fingerprint density at radius 2 is 1.52 bits per heavy atom. The lowest BCUT2D eigenvalue weighted by atomic mass is 9.89. The summed E-state index contributed by atoms with van der Waals surface area (Å²) in [6, 6.07) is 16.3. The summed E-state index contributed by atoms with van der Waals surface area (Å²) >= 11 is 0. The molecule has 7 heteroatoms. The van der Waals surface area contributed by atoms with E-state index in [4.69, 9.17) is 5.41 Å². The first-order chi connectivity index (χ1) is 15.2. The van der Waals surface area contributed by atoms with Crippen molar-refractivity contribution in [3.63, 3.8) is 0 Å². The van der Waals surface area contributed by atoms with Gasteiger partial charge in [-0.1, -0.05) is 24.3 Å². The van der Waals surface area contributed by atoms with E-state index in [2.05, 4.69) is 43.4 Å². The molecule has 160 valence electrons. The van der Waals surface area contributed by atoms with Crippen LogP contribution in [0.3, 0.4) is 0 Å². The molecule has 0 bridgehead atoms. The predicted octanol–water partition coefficient (Wildman–Crippen LogP) is 4.19. The van der Waals surface area contributed by atoms with Crippen molar-refractivity contribution in [3.05, 3.63) is 71.5 Å². The highest BCUT2D eigenvalue weighted by atomic mass is 15.1. The van der Waals surface area contributed by atoms with E-state index in [0.717, 1.165) is 42.9 Å². The average molecular weight is 416 g/mol. The topological polar surface area (TPSA) is 97.8 Å². The van der Waals surface area contributed by atoms with Gasteiger partial charge < -0.3 is 21.3 Å². The summed E-state index contributed by atoms with van der Waals surface area (Å²) in [5.41, 5.74) is 5.16. The van der Waals surface area contributed by atoms with E-state index >= 15 is 0 Å². The van der Waals surface area contributed by atoms with Crippen LogP contribution < -0.4 is 21.3 Å². The summed E-state index contributed by atoms with van der Waals surface area (Å²) in [7, 11) is 3.70. The van der Waals surface area contributed by atoms with Gasteiger partial charge in [0.2, 0.25) is 0 Å². The van der Waals surface area contributed by atoms with E-state index in [0.29, 0.717) is 28.8 Å². The SMILES string of the molecule is CNc1ccc(Nc2ncnc(NC)c2C(=N)c2ccc(C3CCNCC3)cc2)cc1. The molecule has 7 nitrogen and oxygen atoms in total. The molecule has 0 saturated carbocycles. The smallest absolute Gasteiger partial charge is 0.145 e. The third-order valence-electron chi connectivity index (χ3n) is 5.78. The van der Waals surface area contributed by atoms with Crippen LogP contribution in [0.5, 0.6) is 0 Å². The van der Waals surface area contributed by atoms with E-state index < -0.39 is 0 Å². The molecular formula is C24H29N7. The lowest BCUT2D eigenvalue weighted by molar-refractivity contribution is 0.460. The Labute approximate surface area is 183 Å². The maximum atomic E-state index is 8.92. The van der Waals surface area contributed by atoms with E-state index in [1.807, 2.05) is 50.5 Å². The Hall–Kier alpha value is -3.45. The molecule has 1 aliphatic heterocycles. The highest BCUT2D eigenvalue weighted by molar-refractivity contribution is 6.16. The predicted molar refractivity (Wildman–Crippen MR) is 128 cm³/mol. The van der Waals surface area contributed by atoms with E-state index in [9.17, 15) is 0 Å². The maximum Gasteiger partial charge on any atom is 0.145 e. The van der Waals surface area contributed by atoms with Crippen LogP contribution in [-0.2, 0) is 0 Å². The minimum Gasteiger partial charge on any atom is -0.388 e. The zero-order valence-corrected chi connectivity index (χ0v) is 18.0. The van der Waals surface area contributed by atoms with Crippen LogP contribution in [0.1, 0.15) is 35.4 Å². The van der Waals surface area contributed by atoms with Gasteiger partial charge in [0.15, 0.2) is 0 Å². The molecule has 0 unspecified atom stereocenters. The zero-order chi connectivity index (χ0) is 21.6. The molecule has 2 aromatic carbocycles. The van der Waals surface area contributed by atoms with Crippen LogP contribution >= 0.6 is 0 Å². The summed E-state index contributed by atoms with van der Waals surface area (Å²) < 4.78 is 0. The number of piperidine rings is 1. The largest absolute Gasteiger partial charge is 0.388 e. The molecule has 0 amide bonds. The Morgan fingerprint density at radius 3 is 2.16 bits per heavy atom. The summed E-state index contributed by atoms with van der Waals surface area (Å²) in [5, 5.41) is 21.9. The molecule has 1 fully saturated rings. The fourth-order valence-electron chi connectivity index (χ4n) is 3.99. The van der Waals surface area contributed by atoms with Crippen molar-refractivity contribution in [3.8, 4) is 0 Å². The van der Waals surface area contributed by atoms with Gasteiger partial charge in [-0.3, -0.25) is 5.41 Å². The summed E-state index contributed by atoms with van der Waals surface area (Å²) in [6.07, 6.45) is 3.83. The Bertz CT molecular complexity index is 1020. The average Bonchev–Trinajstić information content (AvgIpc) is 2.84. The molecule has 1 aliphatic rings. The maximum absolute atomic E-state index is 8.92. The zero-order valence-electron chi connectivity index (χ0n) is 18.0. The van der Waals surface area contributed by atoms with Gasteiger partial charge in [-0.2, -0.15) is 0 Å². The van der Waals surface area contributed by atoms with Crippen LogP contribution in [0.4, 0.5) is 23.0 Å². The van der Waals surface area contributed by atoms with Crippen molar-refractivity contribution >= 4 is 28.7 Å². The van der Waals surface area contributed by atoms with Crippen LogP contribution in [0.25, 0.3) is 0 Å². The van der Waals surface area contributed by atoms with Gasteiger partial charge in [-0.15, -0.1) is 0 Å². The first-order valence-corrected chi connectivity index (χ1v) is 10.7. The fourth-order valence-corrected chi connectivity index (χ4v) is 3.99. The number of rotatable bonds is 7. The fraction of sp³-hybridized carbons (Fsp3) is 0.292. The van der Waals surface area contributed by atoms with Crippen molar-refractivity contribution in [1.29, 1.82) is 5.41 Å². The van der Waals surface area contributed by atoms with Crippen LogP contribution in [-0.4, -0.2) is 42.9 Å². The number of hydrogen-bond acceptors (Lipinski definition) is 7. The lowest BCUT2D eigenvalue weighted by Crippen LogP contribution is -2.26. The minimum absolute atomic E-state index is 0.385. The Balaban J connectivity index is 1.61. The first-order valence-electron chi connectivity index (χ1n) is 10.7. The van der Waals surface area contributed by atoms with Crippen molar-refractivity contribution in [2.45, 2.75) is 18.8 Å². The van der Waals surface area contributed by atoms with E-state index in [1.54, 1.807) is 0 Å². The van der Waals surface area contributed by atoms with Gasteiger partial charge in [0.25, 0.3) is 0 Å². The van der Waals surface area contributed by atoms with Gasteiger partial charge in [-0.25, -0.2) is 9.97 Å². The van der Waals surface area contributed by atoms with Crippen LogP contribution in [0.2, 0.25) is 0 Å². The third kappa shape index (κ3) is 4.67. The molecule has 0 radical (unpaired) electrons. The van der Waals surface area contributed by atoms with E-state index in [1.165, 1.54) is 11.9 Å². The van der Waals surface area contributed by atoms with Gasteiger partial charge in [0, 0.05) is 31.0 Å². The Morgan fingerprint density at radius 1 is 0.871 bits per heavy atom. The van der Waals surface area contributed by atoms with Crippen molar-refractivity contribution in [1.82, 2.24) is 15.3 Å². The van der Waals surface area contributed by atoms with Crippen molar-refractivity contribution < 1.29 is 0 Å². The molecule has 31 heavy (non-hydrogen) atoms.